The summed E-state index contributed by atoms with van der Waals surface area (Å²) in [4.78, 5) is 14.2. The highest BCUT2D eigenvalue weighted by molar-refractivity contribution is 5.30. The van der Waals surface area contributed by atoms with Crippen LogP contribution >= 0.6 is 0 Å². The van der Waals surface area contributed by atoms with Crippen molar-refractivity contribution in [3.63, 3.8) is 0 Å². The minimum atomic E-state index is -0.408. The molecule has 0 saturated heterocycles. The average Bonchev–Trinajstić information content (AvgIpc) is 2.53. The molecule has 126 valence electrons. The van der Waals surface area contributed by atoms with Gasteiger partial charge in [0, 0.05) is 24.8 Å². The Bertz CT molecular complexity index is 503. The zero-order chi connectivity index (χ0) is 16.5. The average molecular weight is 310 g/mol. The number of unbranched alkanes of at least 4 members (excludes halogenated alkanes) is 2. The number of nitrogens with zero attached hydrogens (tertiary/aromatic N) is 2. The third-order valence-electron chi connectivity index (χ3n) is 3.98. The molecule has 1 rings (SSSR count). The highest BCUT2D eigenvalue weighted by atomic mass is 16.3. The molecule has 0 atom stereocenters. The largest absolute Gasteiger partial charge is 0.503 e. The van der Waals surface area contributed by atoms with E-state index < -0.39 is 5.43 Å². The molecule has 0 radical (unpaired) electrons. The van der Waals surface area contributed by atoms with E-state index in [9.17, 15) is 15.0 Å². The van der Waals surface area contributed by atoms with E-state index in [1.54, 1.807) is 0 Å². The number of aliphatic hydroxyl groups excluding tert-OH is 1. The van der Waals surface area contributed by atoms with Gasteiger partial charge in [-0.15, -0.1) is 0 Å². The molecule has 0 saturated carbocycles. The first-order valence-corrected chi connectivity index (χ1v) is 8.36. The summed E-state index contributed by atoms with van der Waals surface area (Å²) in [5.41, 5.74) is 0.771. The van der Waals surface area contributed by atoms with Crippen molar-refractivity contribution in [2.75, 3.05) is 13.1 Å². The molecule has 0 aromatic carbocycles. The van der Waals surface area contributed by atoms with Crippen LogP contribution in [0.1, 0.15) is 57.8 Å². The summed E-state index contributed by atoms with van der Waals surface area (Å²) in [7, 11) is 0. The van der Waals surface area contributed by atoms with Gasteiger partial charge >= 0.3 is 0 Å². The maximum absolute atomic E-state index is 11.9. The van der Waals surface area contributed by atoms with Crippen molar-refractivity contribution in [2.45, 2.75) is 66.2 Å². The van der Waals surface area contributed by atoms with Gasteiger partial charge in [0.05, 0.1) is 12.3 Å². The van der Waals surface area contributed by atoms with Gasteiger partial charge in [-0.05, 0) is 32.9 Å². The Kier molecular flexibility index (Phi) is 8.20. The van der Waals surface area contributed by atoms with Gasteiger partial charge < -0.3 is 14.8 Å². The summed E-state index contributed by atoms with van der Waals surface area (Å²) in [6, 6.07) is 1.32. The molecule has 0 fully saturated rings. The Morgan fingerprint density at radius 1 is 1.14 bits per heavy atom. The molecule has 0 unspecified atom stereocenters. The summed E-state index contributed by atoms with van der Waals surface area (Å²) < 4.78 is 1.85. The minimum absolute atomic E-state index is 0.183. The van der Waals surface area contributed by atoms with Gasteiger partial charge in [0.1, 0.15) is 0 Å². The Hall–Kier alpha value is -1.33. The van der Waals surface area contributed by atoms with Crippen LogP contribution in [-0.2, 0) is 19.7 Å². The molecule has 0 bridgehead atoms. The van der Waals surface area contributed by atoms with Crippen molar-refractivity contribution in [1.29, 1.82) is 0 Å². The number of hydrogen-bond acceptors (Lipinski definition) is 4. The molecule has 2 N–H and O–H groups in total. The number of aliphatic hydroxyl groups is 1. The quantitative estimate of drug-likeness (QED) is 0.697. The third-order valence-corrected chi connectivity index (χ3v) is 3.98. The van der Waals surface area contributed by atoms with Crippen LogP contribution in [-0.4, -0.2) is 32.8 Å². The first-order valence-electron chi connectivity index (χ1n) is 8.36. The van der Waals surface area contributed by atoms with E-state index in [0.717, 1.165) is 38.8 Å². The van der Waals surface area contributed by atoms with Crippen molar-refractivity contribution >= 4 is 0 Å². The Labute approximate surface area is 133 Å². The number of aromatic nitrogens is 1. The van der Waals surface area contributed by atoms with Gasteiger partial charge in [-0.3, -0.25) is 9.69 Å². The maximum Gasteiger partial charge on any atom is 0.223 e. The number of aromatic hydroxyl groups is 1. The molecular weight excluding hydrogens is 280 g/mol. The number of pyridine rings is 1. The second kappa shape index (κ2) is 9.64. The van der Waals surface area contributed by atoms with Gasteiger partial charge in [-0.25, -0.2) is 0 Å². The Morgan fingerprint density at radius 2 is 1.73 bits per heavy atom. The lowest BCUT2D eigenvalue weighted by atomic mass is 10.2. The first kappa shape index (κ1) is 18.7. The molecular formula is C17H30N2O3. The zero-order valence-corrected chi connectivity index (χ0v) is 14.1. The maximum atomic E-state index is 11.9. The fraction of sp³-hybridized carbons (Fsp3) is 0.706. The normalized spacial score (nSPS) is 11.3. The third kappa shape index (κ3) is 4.85. The van der Waals surface area contributed by atoms with E-state index in [1.807, 2.05) is 11.5 Å². The molecule has 5 nitrogen and oxygen atoms in total. The molecule has 0 aliphatic rings. The smallest absolute Gasteiger partial charge is 0.223 e. The zero-order valence-electron chi connectivity index (χ0n) is 14.1. The molecule has 1 aromatic rings. The van der Waals surface area contributed by atoms with Crippen molar-refractivity contribution < 1.29 is 10.2 Å². The SMILES string of the molecule is CCCCN(CCCC)Cc1c(O)c(=O)cc(CO)n1CC. The lowest BCUT2D eigenvalue weighted by molar-refractivity contribution is 0.238. The second-order valence-electron chi connectivity index (χ2n) is 5.68. The van der Waals surface area contributed by atoms with E-state index >= 15 is 0 Å². The van der Waals surface area contributed by atoms with Crippen molar-refractivity contribution in [1.82, 2.24) is 9.47 Å². The van der Waals surface area contributed by atoms with Crippen LogP contribution in [0, 0.1) is 0 Å². The van der Waals surface area contributed by atoms with Gasteiger partial charge in [0.2, 0.25) is 5.43 Å². The van der Waals surface area contributed by atoms with E-state index in [1.165, 1.54) is 6.07 Å². The monoisotopic (exact) mass is 310 g/mol. The van der Waals surface area contributed by atoms with Crippen LogP contribution < -0.4 is 5.43 Å². The fourth-order valence-electron chi connectivity index (χ4n) is 2.67. The lowest BCUT2D eigenvalue weighted by Crippen LogP contribution is -2.29. The van der Waals surface area contributed by atoms with Crippen LogP contribution in [0.2, 0.25) is 0 Å². The number of rotatable bonds is 10. The predicted molar refractivity (Wildman–Crippen MR) is 89.1 cm³/mol. The molecule has 0 aliphatic heterocycles. The van der Waals surface area contributed by atoms with Crippen LogP contribution in [0.4, 0.5) is 0 Å². The lowest BCUT2D eigenvalue weighted by Gasteiger charge is -2.25. The van der Waals surface area contributed by atoms with Crippen LogP contribution in [0.5, 0.6) is 5.75 Å². The van der Waals surface area contributed by atoms with Crippen LogP contribution in [0.15, 0.2) is 10.9 Å². The van der Waals surface area contributed by atoms with E-state index in [2.05, 4.69) is 18.7 Å². The first-order chi connectivity index (χ1) is 10.6. The standard InChI is InChI=1S/C17H30N2O3/c1-4-7-9-18(10-8-5-2)12-15-17(22)16(21)11-14(13-20)19(15)6-3/h11,20,22H,4-10,12-13H2,1-3H3. The van der Waals surface area contributed by atoms with E-state index in [0.29, 0.717) is 24.5 Å². The summed E-state index contributed by atoms with van der Waals surface area (Å²) in [6.45, 7) is 9.15. The Morgan fingerprint density at radius 3 is 2.18 bits per heavy atom. The van der Waals surface area contributed by atoms with Crippen LogP contribution in [0.25, 0.3) is 0 Å². The Balaban J connectivity index is 3.10. The summed E-state index contributed by atoms with van der Waals surface area (Å²) in [6.07, 6.45) is 4.43. The van der Waals surface area contributed by atoms with Crippen LogP contribution in [0.3, 0.4) is 0 Å². The number of hydrogen-bond donors (Lipinski definition) is 2. The molecule has 0 amide bonds. The minimum Gasteiger partial charge on any atom is -0.503 e. The molecule has 22 heavy (non-hydrogen) atoms. The summed E-state index contributed by atoms with van der Waals surface area (Å²) in [5, 5.41) is 19.6. The van der Waals surface area contributed by atoms with Gasteiger partial charge in [0.25, 0.3) is 0 Å². The van der Waals surface area contributed by atoms with Crippen molar-refractivity contribution in [3.8, 4) is 5.75 Å². The second-order valence-corrected chi connectivity index (χ2v) is 5.68. The van der Waals surface area contributed by atoms with Crippen molar-refractivity contribution in [2.24, 2.45) is 0 Å². The molecule has 1 aromatic heterocycles. The van der Waals surface area contributed by atoms with E-state index in [4.69, 9.17) is 0 Å². The van der Waals surface area contributed by atoms with E-state index in [-0.39, 0.29) is 12.4 Å². The highest BCUT2D eigenvalue weighted by Gasteiger charge is 2.16. The molecule has 5 heteroatoms. The summed E-state index contributed by atoms with van der Waals surface area (Å²) in [5.74, 6) is -0.183. The van der Waals surface area contributed by atoms with Gasteiger partial charge in [0.15, 0.2) is 5.75 Å². The van der Waals surface area contributed by atoms with Crippen molar-refractivity contribution in [3.05, 3.63) is 27.7 Å². The van der Waals surface area contributed by atoms with Gasteiger partial charge in [-0.1, -0.05) is 26.7 Å². The molecule has 0 aliphatic carbocycles. The molecule has 0 spiro atoms. The topological polar surface area (TPSA) is 65.7 Å². The summed E-state index contributed by atoms with van der Waals surface area (Å²) >= 11 is 0. The van der Waals surface area contributed by atoms with Gasteiger partial charge in [-0.2, -0.15) is 0 Å². The fourth-order valence-corrected chi connectivity index (χ4v) is 2.67. The highest BCUT2D eigenvalue weighted by Crippen LogP contribution is 2.18. The predicted octanol–water partition coefficient (Wildman–Crippen LogP) is 2.47. The molecule has 1 heterocycles.